The Balaban J connectivity index is 2.15. The first kappa shape index (κ1) is 22.5. The van der Waals surface area contributed by atoms with Gasteiger partial charge in [-0.3, -0.25) is 9.59 Å². The fourth-order valence-electron chi connectivity index (χ4n) is 4.16. The van der Waals surface area contributed by atoms with Crippen molar-refractivity contribution in [2.45, 2.75) is 26.3 Å². The summed E-state index contributed by atoms with van der Waals surface area (Å²) in [5, 5.41) is 0. The first-order valence-electron chi connectivity index (χ1n) is 10.4. The molecule has 0 amide bonds. The maximum atomic E-state index is 13.3. The van der Waals surface area contributed by atoms with E-state index in [-0.39, 0.29) is 19.6 Å². The van der Waals surface area contributed by atoms with Gasteiger partial charge in [-0.25, -0.2) is 0 Å². The van der Waals surface area contributed by atoms with Gasteiger partial charge in [-0.05, 0) is 62.2 Å². The van der Waals surface area contributed by atoms with Crippen LogP contribution in [0.4, 0.5) is 5.69 Å². The molecule has 1 aliphatic heterocycles. The van der Waals surface area contributed by atoms with Gasteiger partial charge in [0.05, 0.1) is 33.5 Å². The van der Waals surface area contributed by atoms with Gasteiger partial charge in [-0.15, -0.1) is 0 Å². The number of hydrogen-bond donors (Lipinski definition) is 0. The lowest BCUT2D eigenvalue weighted by atomic mass is 9.76. The number of carbonyl (C=O) groups is 2. The summed E-state index contributed by atoms with van der Waals surface area (Å²) in [7, 11) is 3.20. The molecule has 0 radical (unpaired) electrons. The zero-order valence-corrected chi connectivity index (χ0v) is 18.4. The van der Waals surface area contributed by atoms with Crippen LogP contribution in [-0.2, 0) is 19.1 Å². The molecule has 1 unspecified atom stereocenters. The van der Waals surface area contributed by atoms with Gasteiger partial charge in [0.25, 0.3) is 0 Å². The van der Waals surface area contributed by atoms with Crippen LogP contribution in [0.1, 0.15) is 31.9 Å². The monoisotopic (exact) mass is 427 g/mol. The molecule has 7 heteroatoms. The van der Waals surface area contributed by atoms with Crippen molar-refractivity contribution >= 4 is 17.6 Å². The highest BCUT2D eigenvalue weighted by Gasteiger charge is 2.61. The van der Waals surface area contributed by atoms with Crippen molar-refractivity contribution in [1.82, 2.24) is 0 Å². The van der Waals surface area contributed by atoms with E-state index in [0.717, 1.165) is 17.0 Å². The molecule has 0 aromatic heterocycles. The van der Waals surface area contributed by atoms with E-state index in [1.165, 1.54) is 0 Å². The van der Waals surface area contributed by atoms with Gasteiger partial charge in [-0.1, -0.05) is 12.1 Å². The van der Waals surface area contributed by atoms with E-state index >= 15 is 0 Å². The summed E-state index contributed by atoms with van der Waals surface area (Å²) in [6, 6.07) is 14.3. The lowest BCUT2D eigenvalue weighted by Gasteiger charge is -2.35. The standard InChI is InChI=1S/C24H29NO6/c1-5-30-22(26)24(23(27)31-6-2)15-16-25(18-9-13-20(29-4)14-10-18)21(24)17-7-11-19(28-3)12-8-17/h7-14,21H,5-6,15-16H2,1-4H3. The second kappa shape index (κ2) is 9.73. The normalized spacial score (nSPS) is 17.2. The summed E-state index contributed by atoms with van der Waals surface area (Å²) in [5.74, 6) is 0.289. The zero-order chi connectivity index (χ0) is 22.4. The van der Waals surface area contributed by atoms with Crippen LogP contribution in [-0.4, -0.2) is 45.9 Å². The number of anilines is 1. The second-order valence-electron chi connectivity index (χ2n) is 7.23. The van der Waals surface area contributed by atoms with Gasteiger partial charge in [0.15, 0.2) is 5.41 Å². The minimum absolute atomic E-state index is 0.178. The minimum atomic E-state index is -1.47. The smallest absolute Gasteiger partial charge is 0.326 e. The molecule has 31 heavy (non-hydrogen) atoms. The highest BCUT2D eigenvalue weighted by Crippen LogP contribution is 2.51. The van der Waals surface area contributed by atoms with Crippen LogP contribution in [0.15, 0.2) is 48.5 Å². The summed E-state index contributed by atoms with van der Waals surface area (Å²) >= 11 is 0. The van der Waals surface area contributed by atoms with Crippen LogP contribution in [0, 0.1) is 5.41 Å². The van der Waals surface area contributed by atoms with Gasteiger partial charge >= 0.3 is 11.9 Å². The number of carbonyl (C=O) groups excluding carboxylic acids is 2. The third-order valence-electron chi connectivity index (χ3n) is 5.64. The molecule has 0 N–H and O–H groups in total. The molecule has 0 aliphatic carbocycles. The van der Waals surface area contributed by atoms with Crippen LogP contribution in [0.2, 0.25) is 0 Å². The largest absolute Gasteiger partial charge is 0.497 e. The number of ether oxygens (including phenoxy) is 4. The number of nitrogens with zero attached hydrogens (tertiary/aromatic N) is 1. The molecule has 1 saturated heterocycles. The van der Waals surface area contributed by atoms with Crippen molar-refractivity contribution < 1.29 is 28.5 Å². The van der Waals surface area contributed by atoms with E-state index in [1.54, 1.807) is 28.1 Å². The predicted octanol–water partition coefficient (Wildman–Crippen LogP) is 3.77. The maximum absolute atomic E-state index is 13.3. The Bertz CT molecular complexity index is 875. The van der Waals surface area contributed by atoms with E-state index in [2.05, 4.69) is 4.90 Å². The van der Waals surface area contributed by atoms with E-state index < -0.39 is 23.4 Å². The molecule has 1 atom stereocenters. The van der Waals surface area contributed by atoms with Gasteiger partial charge in [0.1, 0.15) is 11.5 Å². The van der Waals surface area contributed by atoms with Crippen LogP contribution in [0.3, 0.4) is 0 Å². The SMILES string of the molecule is CCOC(=O)C1(C(=O)OCC)CCN(c2ccc(OC)cc2)C1c1ccc(OC)cc1. The Kier molecular flexibility index (Phi) is 7.05. The summed E-state index contributed by atoms with van der Waals surface area (Å²) in [6.07, 6.45) is 0.285. The second-order valence-corrected chi connectivity index (χ2v) is 7.23. The Morgan fingerprint density at radius 3 is 1.81 bits per heavy atom. The highest BCUT2D eigenvalue weighted by molar-refractivity contribution is 6.02. The van der Waals surface area contributed by atoms with Crippen LogP contribution in [0.5, 0.6) is 11.5 Å². The highest BCUT2D eigenvalue weighted by atomic mass is 16.6. The lowest BCUT2D eigenvalue weighted by Crippen LogP contribution is -2.46. The van der Waals surface area contributed by atoms with Crippen molar-refractivity contribution in [3.63, 3.8) is 0 Å². The third kappa shape index (κ3) is 4.17. The third-order valence-corrected chi connectivity index (χ3v) is 5.64. The van der Waals surface area contributed by atoms with Crippen molar-refractivity contribution in [2.75, 3.05) is 38.9 Å². The Hall–Kier alpha value is -3.22. The molecule has 0 saturated carbocycles. The predicted molar refractivity (Wildman–Crippen MR) is 116 cm³/mol. The molecule has 1 fully saturated rings. The Morgan fingerprint density at radius 1 is 0.871 bits per heavy atom. The summed E-state index contributed by atoms with van der Waals surface area (Å²) in [4.78, 5) is 28.6. The molecular formula is C24H29NO6. The number of hydrogen-bond acceptors (Lipinski definition) is 7. The average molecular weight is 427 g/mol. The molecule has 166 valence electrons. The number of rotatable bonds is 8. The zero-order valence-electron chi connectivity index (χ0n) is 18.4. The van der Waals surface area contributed by atoms with Crippen molar-refractivity contribution in [1.29, 1.82) is 0 Å². The molecule has 7 nitrogen and oxygen atoms in total. The van der Waals surface area contributed by atoms with Crippen molar-refractivity contribution in [3.8, 4) is 11.5 Å². The van der Waals surface area contributed by atoms with Gasteiger partial charge in [-0.2, -0.15) is 0 Å². The van der Waals surface area contributed by atoms with Crippen molar-refractivity contribution in [2.24, 2.45) is 5.41 Å². The van der Waals surface area contributed by atoms with Crippen LogP contribution in [0.25, 0.3) is 0 Å². The molecule has 2 aromatic rings. The summed E-state index contributed by atoms with van der Waals surface area (Å²) < 4.78 is 21.4. The molecular weight excluding hydrogens is 398 g/mol. The molecule has 0 bridgehead atoms. The molecule has 1 aliphatic rings. The quantitative estimate of drug-likeness (QED) is 0.469. The first-order chi connectivity index (χ1) is 15.0. The van der Waals surface area contributed by atoms with E-state index in [1.807, 2.05) is 48.5 Å². The molecule has 0 spiro atoms. The first-order valence-corrected chi connectivity index (χ1v) is 10.4. The molecule has 3 rings (SSSR count). The number of benzene rings is 2. The van der Waals surface area contributed by atoms with E-state index in [9.17, 15) is 9.59 Å². The fourth-order valence-corrected chi connectivity index (χ4v) is 4.16. The fraction of sp³-hybridized carbons (Fsp3) is 0.417. The van der Waals surface area contributed by atoms with Crippen molar-refractivity contribution in [3.05, 3.63) is 54.1 Å². The van der Waals surface area contributed by atoms with Gasteiger partial charge in [0, 0.05) is 12.2 Å². The lowest BCUT2D eigenvalue weighted by molar-refractivity contribution is -0.172. The van der Waals surface area contributed by atoms with Gasteiger partial charge < -0.3 is 23.8 Å². The van der Waals surface area contributed by atoms with E-state index in [4.69, 9.17) is 18.9 Å². The Morgan fingerprint density at radius 2 is 1.35 bits per heavy atom. The number of methoxy groups -OCH3 is 2. The minimum Gasteiger partial charge on any atom is -0.497 e. The summed E-state index contributed by atoms with van der Waals surface area (Å²) in [6.45, 7) is 4.31. The maximum Gasteiger partial charge on any atom is 0.326 e. The van der Waals surface area contributed by atoms with E-state index in [0.29, 0.717) is 12.3 Å². The molecule has 1 heterocycles. The number of esters is 2. The summed E-state index contributed by atoms with van der Waals surface area (Å²) in [5.41, 5.74) is 0.202. The van der Waals surface area contributed by atoms with Crippen LogP contribution >= 0.6 is 0 Å². The average Bonchev–Trinajstić information content (AvgIpc) is 3.21. The molecule has 2 aromatic carbocycles. The Labute approximate surface area is 182 Å². The topological polar surface area (TPSA) is 74.3 Å². The van der Waals surface area contributed by atoms with Gasteiger partial charge in [0.2, 0.25) is 0 Å². The van der Waals surface area contributed by atoms with Crippen LogP contribution < -0.4 is 14.4 Å².